The van der Waals surface area contributed by atoms with Gasteiger partial charge in [-0.3, -0.25) is 0 Å². The molecule has 4 rings (SSSR count). The smallest absolute Gasteiger partial charge is 0.166 e. The Bertz CT molecular complexity index is 931. The molecule has 1 nitrogen and oxygen atoms in total. The molecule has 0 aliphatic heterocycles. The van der Waals surface area contributed by atoms with Crippen LogP contribution in [0.2, 0.25) is 0 Å². The van der Waals surface area contributed by atoms with Crippen LogP contribution in [0.15, 0.2) is 61.2 Å². The van der Waals surface area contributed by atoms with Crippen LogP contribution < -0.4 is 4.74 Å². The summed E-state index contributed by atoms with van der Waals surface area (Å²) in [4.78, 5) is 0. The van der Waals surface area contributed by atoms with E-state index in [1.807, 2.05) is 25.1 Å². The van der Waals surface area contributed by atoms with Crippen LogP contribution >= 0.6 is 0 Å². The molecule has 2 aromatic rings. The van der Waals surface area contributed by atoms with Crippen molar-refractivity contribution in [1.29, 1.82) is 0 Å². The zero-order valence-corrected chi connectivity index (χ0v) is 18.3. The van der Waals surface area contributed by atoms with E-state index >= 15 is 8.78 Å². The van der Waals surface area contributed by atoms with Gasteiger partial charge in [-0.1, -0.05) is 42.5 Å². The number of fused-ring (bicyclic) bond motifs is 1. The van der Waals surface area contributed by atoms with Gasteiger partial charge in [0.15, 0.2) is 11.6 Å². The van der Waals surface area contributed by atoms with Crippen molar-refractivity contribution in [3.63, 3.8) is 0 Å². The fraction of sp³-hybridized carbons (Fsp3) is 0.429. The molecule has 0 bridgehead atoms. The third kappa shape index (κ3) is 4.76. The van der Waals surface area contributed by atoms with Crippen LogP contribution in [0.25, 0.3) is 11.1 Å². The van der Waals surface area contributed by atoms with E-state index in [1.54, 1.807) is 30.3 Å². The lowest BCUT2D eigenvalue weighted by Crippen LogP contribution is -2.30. The molecule has 3 heteroatoms. The van der Waals surface area contributed by atoms with E-state index in [-0.39, 0.29) is 5.92 Å². The summed E-state index contributed by atoms with van der Waals surface area (Å²) in [6.07, 6.45) is 12.5. The number of allylic oxidation sites excluding steroid dienone is 2. The van der Waals surface area contributed by atoms with Crippen LogP contribution in [0.5, 0.6) is 5.75 Å². The van der Waals surface area contributed by atoms with E-state index in [2.05, 4.69) is 12.7 Å². The highest BCUT2D eigenvalue weighted by atomic mass is 19.2. The number of rotatable bonds is 6. The minimum absolute atomic E-state index is 0.118. The predicted octanol–water partition coefficient (Wildman–Crippen LogP) is 8.07. The van der Waals surface area contributed by atoms with E-state index in [1.165, 1.54) is 19.3 Å². The molecule has 4 atom stereocenters. The van der Waals surface area contributed by atoms with Gasteiger partial charge in [-0.05, 0) is 92.4 Å². The van der Waals surface area contributed by atoms with Crippen LogP contribution in [0.1, 0.15) is 56.9 Å². The summed E-state index contributed by atoms with van der Waals surface area (Å²) in [5.41, 5.74) is 1.52. The zero-order chi connectivity index (χ0) is 21.8. The molecule has 2 saturated carbocycles. The topological polar surface area (TPSA) is 9.23 Å². The van der Waals surface area contributed by atoms with Crippen molar-refractivity contribution >= 4 is 0 Å². The first-order valence-electron chi connectivity index (χ1n) is 11.6. The summed E-state index contributed by atoms with van der Waals surface area (Å²) < 4.78 is 35.8. The van der Waals surface area contributed by atoms with Crippen LogP contribution in [-0.2, 0) is 0 Å². The summed E-state index contributed by atoms with van der Waals surface area (Å²) in [6.45, 7) is 6.39. The van der Waals surface area contributed by atoms with E-state index < -0.39 is 11.6 Å². The van der Waals surface area contributed by atoms with Crippen molar-refractivity contribution in [3.8, 4) is 16.9 Å². The van der Waals surface area contributed by atoms with Crippen LogP contribution in [0, 0.1) is 29.4 Å². The van der Waals surface area contributed by atoms with E-state index in [9.17, 15) is 0 Å². The number of hydrogen-bond donors (Lipinski definition) is 0. The second-order valence-corrected chi connectivity index (χ2v) is 9.07. The predicted molar refractivity (Wildman–Crippen MR) is 123 cm³/mol. The van der Waals surface area contributed by atoms with Gasteiger partial charge in [-0.2, -0.15) is 0 Å². The molecule has 2 aromatic carbocycles. The molecule has 164 valence electrons. The molecule has 2 aliphatic rings. The first kappa shape index (κ1) is 21.8. The molecular weight excluding hydrogens is 390 g/mol. The summed E-state index contributed by atoms with van der Waals surface area (Å²) in [6, 6.07) is 10.7. The minimum atomic E-state index is -0.738. The maximum atomic E-state index is 15.1. The summed E-state index contributed by atoms with van der Waals surface area (Å²) in [5, 5.41) is 0. The van der Waals surface area contributed by atoms with Gasteiger partial charge in [0.25, 0.3) is 0 Å². The molecule has 2 aliphatic carbocycles. The van der Waals surface area contributed by atoms with Crippen LogP contribution in [0.3, 0.4) is 0 Å². The highest BCUT2D eigenvalue weighted by Gasteiger charge is 2.36. The minimum Gasteiger partial charge on any atom is -0.490 e. The molecule has 31 heavy (non-hydrogen) atoms. The van der Waals surface area contributed by atoms with Crippen molar-refractivity contribution in [2.45, 2.75) is 51.4 Å². The Morgan fingerprint density at radius 1 is 0.935 bits per heavy atom. The second-order valence-electron chi connectivity index (χ2n) is 9.07. The fourth-order valence-corrected chi connectivity index (χ4v) is 5.50. The Morgan fingerprint density at radius 2 is 1.68 bits per heavy atom. The monoisotopic (exact) mass is 422 g/mol. The van der Waals surface area contributed by atoms with Gasteiger partial charge in [0.2, 0.25) is 0 Å². The maximum Gasteiger partial charge on any atom is 0.166 e. The molecule has 0 saturated heterocycles. The van der Waals surface area contributed by atoms with Gasteiger partial charge in [-0.25, -0.2) is 8.78 Å². The SMILES string of the molecule is C=CC1CCC2CC(c3ccc(-c4ccc(OC/C=C/C)cc4)c(F)c3F)CCC2C1. The highest BCUT2D eigenvalue weighted by molar-refractivity contribution is 5.65. The Kier molecular flexibility index (Phi) is 6.89. The van der Waals surface area contributed by atoms with Crippen LogP contribution in [0.4, 0.5) is 8.78 Å². The lowest BCUT2D eigenvalue weighted by molar-refractivity contribution is 0.132. The molecule has 2 fully saturated rings. The Labute approximate surface area is 184 Å². The third-order valence-corrected chi connectivity index (χ3v) is 7.29. The van der Waals surface area contributed by atoms with E-state index in [0.717, 1.165) is 19.3 Å². The first-order valence-corrected chi connectivity index (χ1v) is 11.6. The second kappa shape index (κ2) is 9.80. The normalized spacial score (nSPS) is 25.9. The molecule has 0 heterocycles. The number of benzene rings is 2. The van der Waals surface area contributed by atoms with Gasteiger partial charge < -0.3 is 4.74 Å². The van der Waals surface area contributed by atoms with Gasteiger partial charge in [0, 0.05) is 5.56 Å². The molecular formula is C28H32F2O. The highest BCUT2D eigenvalue weighted by Crippen LogP contribution is 2.48. The van der Waals surface area contributed by atoms with Crippen molar-refractivity contribution in [1.82, 2.24) is 0 Å². The first-order chi connectivity index (χ1) is 15.1. The van der Waals surface area contributed by atoms with Gasteiger partial charge in [0.1, 0.15) is 12.4 Å². The summed E-state index contributed by atoms with van der Waals surface area (Å²) >= 11 is 0. The van der Waals surface area contributed by atoms with Crippen molar-refractivity contribution in [2.24, 2.45) is 17.8 Å². The number of ether oxygens (including phenoxy) is 1. The largest absolute Gasteiger partial charge is 0.490 e. The average molecular weight is 423 g/mol. The molecule has 0 radical (unpaired) electrons. The van der Waals surface area contributed by atoms with Crippen molar-refractivity contribution in [2.75, 3.05) is 6.61 Å². The molecule has 0 spiro atoms. The number of hydrogen-bond acceptors (Lipinski definition) is 1. The number of halogens is 2. The van der Waals surface area contributed by atoms with Crippen molar-refractivity contribution in [3.05, 3.63) is 78.4 Å². The van der Waals surface area contributed by atoms with Gasteiger partial charge >= 0.3 is 0 Å². The molecule has 0 amide bonds. The van der Waals surface area contributed by atoms with Gasteiger partial charge in [-0.15, -0.1) is 6.58 Å². The lowest BCUT2D eigenvalue weighted by Gasteiger charge is -2.41. The van der Waals surface area contributed by atoms with Crippen LogP contribution in [-0.4, -0.2) is 6.61 Å². The Hall–Kier alpha value is -2.42. The molecule has 0 N–H and O–H groups in total. The van der Waals surface area contributed by atoms with E-state index in [4.69, 9.17) is 4.74 Å². The standard InChI is InChI=1S/C28H32F2O/c1-3-5-16-31-24-12-10-20(11-13-24)25-14-15-26(28(30)27(25)29)23-9-8-21-17-19(4-2)6-7-22(21)18-23/h3-5,10-15,19,21-23H,2,6-9,16-18H2,1H3/b5-3+. The van der Waals surface area contributed by atoms with Gasteiger partial charge in [0.05, 0.1) is 0 Å². The average Bonchev–Trinajstić information content (AvgIpc) is 2.81. The summed E-state index contributed by atoms with van der Waals surface area (Å²) in [5.74, 6) is 1.40. The molecule has 0 aromatic heterocycles. The Morgan fingerprint density at radius 3 is 2.42 bits per heavy atom. The third-order valence-electron chi connectivity index (χ3n) is 7.29. The summed E-state index contributed by atoms with van der Waals surface area (Å²) in [7, 11) is 0. The zero-order valence-electron chi connectivity index (χ0n) is 18.3. The maximum absolute atomic E-state index is 15.1. The fourth-order valence-electron chi connectivity index (χ4n) is 5.50. The van der Waals surface area contributed by atoms with E-state index in [0.29, 0.717) is 46.8 Å². The van der Waals surface area contributed by atoms with Crippen molar-refractivity contribution < 1.29 is 13.5 Å². The Balaban J connectivity index is 1.48. The quantitative estimate of drug-likeness (QED) is 0.428. The molecule has 4 unspecified atom stereocenters. The lowest BCUT2D eigenvalue weighted by atomic mass is 9.64.